The lowest BCUT2D eigenvalue weighted by atomic mass is 10.0. The third-order valence-corrected chi connectivity index (χ3v) is 4.84. The molecule has 0 unspecified atom stereocenters. The molecule has 0 bridgehead atoms. The zero-order chi connectivity index (χ0) is 17.5. The van der Waals surface area contributed by atoms with Crippen molar-refractivity contribution in [3.63, 3.8) is 0 Å². The number of ether oxygens (including phenoxy) is 2. The van der Waals surface area contributed by atoms with Crippen molar-refractivity contribution < 1.29 is 24.5 Å². The number of fused-ring (bicyclic) bond motifs is 1. The predicted octanol–water partition coefficient (Wildman–Crippen LogP) is 1.12. The van der Waals surface area contributed by atoms with E-state index in [9.17, 15) is 15.0 Å². The number of hydrogen-bond acceptors (Lipinski definition) is 5. The monoisotopic (exact) mass is 335 g/mol. The minimum Gasteiger partial charge on any atom is -0.483 e. The first-order valence-corrected chi connectivity index (χ1v) is 8.34. The van der Waals surface area contributed by atoms with Crippen LogP contribution in [0, 0.1) is 0 Å². The number of aliphatic hydroxyl groups is 2. The van der Waals surface area contributed by atoms with Crippen LogP contribution in [0.4, 0.5) is 0 Å². The van der Waals surface area contributed by atoms with Crippen molar-refractivity contribution in [2.24, 2.45) is 0 Å². The van der Waals surface area contributed by atoms with Gasteiger partial charge in [-0.25, -0.2) is 0 Å². The van der Waals surface area contributed by atoms with Crippen LogP contribution in [-0.2, 0) is 11.2 Å². The number of amides is 1. The number of aliphatic hydroxyl groups excluding tert-OH is 2. The Labute approximate surface area is 142 Å². The average molecular weight is 335 g/mol. The highest BCUT2D eigenvalue weighted by molar-refractivity contribution is 5.78. The summed E-state index contributed by atoms with van der Waals surface area (Å²) in [4.78, 5) is 13.8. The van der Waals surface area contributed by atoms with Crippen molar-refractivity contribution in [2.45, 2.75) is 57.0 Å². The number of para-hydroxylation sites is 1. The van der Waals surface area contributed by atoms with Crippen LogP contribution in [0.15, 0.2) is 18.2 Å². The molecule has 1 aliphatic heterocycles. The van der Waals surface area contributed by atoms with E-state index in [2.05, 4.69) is 0 Å². The summed E-state index contributed by atoms with van der Waals surface area (Å²) in [5.41, 5.74) is 0.805. The number of carbonyl (C=O) groups is 1. The maximum absolute atomic E-state index is 12.4. The van der Waals surface area contributed by atoms with Crippen LogP contribution >= 0.6 is 0 Å². The zero-order valence-corrected chi connectivity index (χ0v) is 14.4. The molecule has 1 fully saturated rings. The van der Waals surface area contributed by atoms with E-state index < -0.39 is 12.2 Å². The summed E-state index contributed by atoms with van der Waals surface area (Å²) in [5.74, 6) is 1.03. The quantitative estimate of drug-likeness (QED) is 0.862. The van der Waals surface area contributed by atoms with Gasteiger partial charge < -0.3 is 24.6 Å². The second-order valence-electron chi connectivity index (χ2n) is 7.28. The van der Waals surface area contributed by atoms with E-state index in [1.807, 2.05) is 26.0 Å². The van der Waals surface area contributed by atoms with Gasteiger partial charge in [-0.05, 0) is 32.8 Å². The summed E-state index contributed by atoms with van der Waals surface area (Å²) in [7, 11) is 1.63. The van der Waals surface area contributed by atoms with E-state index in [0.29, 0.717) is 24.3 Å². The van der Waals surface area contributed by atoms with Crippen LogP contribution in [0.2, 0.25) is 0 Å². The normalized spacial score (nSPS) is 27.5. The second kappa shape index (κ2) is 6.26. The van der Waals surface area contributed by atoms with Crippen molar-refractivity contribution >= 4 is 5.91 Å². The molecule has 0 saturated heterocycles. The van der Waals surface area contributed by atoms with E-state index >= 15 is 0 Å². The van der Waals surface area contributed by atoms with Crippen LogP contribution in [0.5, 0.6) is 11.5 Å². The predicted molar refractivity (Wildman–Crippen MR) is 88.2 cm³/mol. The number of carbonyl (C=O) groups excluding carboxylic acids is 1. The van der Waals surface area contributed by atoms with E-state index in [0.717, 1.165) is 12.0 Å². The highest BCUT2D eigenvalue weighted by atomic mass is 16.5. The zero-order valence-electron chi connectivity index (χ0n) is 14.4. The summed E-state index contributed by atoms with van der Waals surface area (Å²) < 4.78 is 11.6. The summed E-state index contributed by atoms with van der Waals surface area (Å²) in [6, 6.07) is 5.32. The third kappa shape index (κ3) is 3.21. The van der Waals surface area contributed by atoms with Crippen molar-refractivity contribution in [3.8, 4) is 11.5 Å². The minimum atomic E-state index is -0.899. The molecule has 24 heavy (non-hydrogen) atoms. The molecule has 0 radical (unpaired) electrons. The van der Waals surface area contributed by atoms with Gasteiger partial charge in [-0.1, -0.05) is 12.1 Å². The molecule has 132 valence electrons. The van der Waals surface area contributed by atoms with Crippen molar-refractivity contribution in [1.29, 1.82) is 0 Å². The Morgan fingerprint density at radius 3 is 2.79 bits per heavy atom. The maximum Gasteiger partial charge on any atom is 0.260 e. The number of hydrogen-bond donors (Lipinski definition) is 2. The van der Waals surface area contributed by atoms with Gasteiger partial charge in [-0.3, -0.25) is 4.79 Å². The first-order chi connectivity index (χ1) is 11.3. The molecule has 2 N–H and O–H groups in total. The van der Waals surface area contributed by atoms with Gasteiger partial charge in [0.15, 0.2) is 18.1 Å². The van der Waals surface area contributed by atoms with E-state index in [1.54, 1.807) is 13.1 Å². The lowest BCUT2D eigenvalue weighted by Crippen LogP contribution is -2.45. The van der Waals surface area contributed by atoms with Gasteiger partial charge in [0.1, 0.15) is 11.7 Å². The number of likely N-dealkylation sites (N-methyl/N-ethyl adjacent to an activating group) is 1. The van der Waals surface area contributed by atoms with Gasteiger partial charge in [0.2, 0.25) is 0 Å². The summed E-state index contributed by atoms with van der Waals surface area (Å²) >= 11 is 0. The Morgan fingerprint density at radius 1 is 1.38 bits per heavy atom. The molecule has 6 heteroatoms. The van der Waals surface area contributed by atoms with Gasteiger partial charge in [0.25, 0.3) is 5.91 Å². The van der Waals surface area contributed by atoms with Crippen molar-refractivity contribution in [1.82, 2.24) is 4.90 Å². The van der Waals surface area contributed by atoms with Gasteiger partial charge in [0.05, 0.1) is 12.1 Å². The molecule has 1 heterocycles. The standard InChI is InChI=1S/C18H25NO5/c1-18(2)9-11-5-4-6-14(17(11)24-18)23-10-15(21)19(3)12-7-8-13(20)16(12)22/h4-6,12-13,16,20,22H,7-10H2,1-3H3/t12-,13-,16-/m1/s1. The fourth-order valence-corrected chi connectivity index (χ4v) is 3.49. The van der Waals surface area contributed by atoms with Gasteiger partial charge in [0, 0.05) is 19.0 Å². The highest BCUT2D eigenvalue weighted by Crippen LogP contribution is 2.41. The van der Waals surface area contributed by atoms with Crippen LogP contribution < -0.4 is 9.47 Å². The molecule has 1 aromatic rings. The first-order valence-electron chi connectivity index (χ1n) is 8.34. The van der Waals surface area contributed by atoms with E-state index in [1.165, 1.54) is 4.90 Å². The number of nitrogens with zero attached hydrogens (tertiary/aromatic N) is 1. The van der Waals surface area contributed by atoms with Gasteiger partial charge >= 0.3 is 0 Å². The Bertz CT molecular complexity index is 630. The molecular weight excluding hydrogens is 310 g/mol. The van der Waals surface area contributed by atoms with Crippen LogP contribution in [0.1, 0.15) is 32.3 Å². The number of benzene rings is 1. The van der Waals surface area contributed by atoms with Crippen LogP contribution in [0.3, 0.4) is 0 Å². The molecule has 1 amide bonds. The molecule has 0 aromatic heterocycles. The molecular formula is C18H25NO5. The lowest BCUT2D eigenvalue weighted by Gasteiger charge is -2.27. The summed E-state index contributed by atoms with van der Waals surface area (Å²) in [5, 5.41) is 19.6. The van der Waals surface area contributed by atoms with Crippen LogP contribution in [-0.4, -0.2) is 58.5 Å². The first kappa shape index (κ1) is 17.0. The smallest absolute Gasteiger partial charge is 0.260 e. The molecule has 1 aromatic carbocycles. The SMILES string of the molecule is CN(C(=O)COc1cccc2c1OC(C)(C)C2)[C@@H]1CC[C@@H](O)[C@@H]1O. The van der Waals surface area contributed by atoms with Gasteiger partial charge in [-0.2, -0.15) is 0 Å². The molecule has 1 aliphatic carbocycles. The van der Waals surface area contributed by atoms with Crippen molar-refractivity contribution in [2.75, 3.05) is 13.7 Å². The number of rotatable bonds is 4. The largest absolute Gasteiger partial charge is 0.483 e. The minimum absolute atomic E-state index is 0.129. The molecule has 3 rings (SSSR count). The molecule has 1 saturated carbocycles. The Hall–Kier alpha value is -1.79. The summed E-state index contributed by atoms with van der Waals surface area (Å²) in [6.45, 7) is 3.90. The van der Waals surface area contributed by atoms with Gasteiger partial charge in [-0.15, -0.1) is 0 Å². The topological polar surface area (TPSA) is 79.2 Å². The van der Waals surface area contributed by atoms with E-state index in [4.69, 9.17) is 9.47 Å². The summed E-state index contributed by atoms with van der Waals surface area (Å²) in [6.07, 6.45) is 0.227. The van der Waals surface area contributed by atoms with E-state index in [-0.39, 0.29) is 24.2 Å². The Morgan fingerprint density at radius 2 is 2.12 bits per heavy atom. The molecule has 0 spiro atoms. The lowest BCUT2D eigenvalue weighted by molar-refractivity contribution is -0.136. The molecule has 3 atom stereocenters. The third-order valence-electron chi connectivity index (χ3n) is 4.84. The fraction of sp³-hybridized carbons (Fsp3) is 0.611. The highest BCUT2D eigenvalue weighted by Gasteiger charge is 2.38. The average Bonchev–Trinajstić information content (AvgIpc) is 3.02. The maximum atomic E-state index is 12.4. The fourth-order valence-electron chi connectivity index (χ4n) is 3.49. The Balaban J connectivity index is 1.63. The molecule has 6 nitrogen and oxygen atoms in total. The van der Waals surface area contributed by atoms with Crippen LogP contribution in [0.25, 0.3) is 0 Å². The Kier molecular flexibility index (Phi) is 4.44. The van der Waals surface area contributed by atoms with Crippen molar-refractivity contribution in [3.05, 3.63) is 23.8 Å². The molecule has 2 aliphatic rings. The second-order valence-corrected chi connectivity index (χ2v) is 7.28.